The van der Waals surface area contributed by atoms with Gasteiger partial charge in [0.25, 0.3) is 5.91 Å². The molecule has 0 bridgehead atoms. The Balaban J connectivity index is 2.61. The van der Waals surface area contributed by atoms with Gasteiger partial charge in [0.05, 0.1) is 29.7 Å². The molecule has 0 fully saturated rings. The highest BCUT2D eigenvalue weighted by atomic mass is 32.1. The molecule has 0 aliphatic heterocycles. The largest absolute Gasteiger partial charge is 0.395 e. The number of aliphatic hydroxyl groups excluding tert-OH is 1. The molecule has 4 nitrogen and oxygen atoms in total. The van der Waals surface area contributed by atoms with Crippen molar-refractivity contribution in [2.24, 2.45) is 0 Å². The number of amides is 1. The Kier molecular flexibility index (Phi) is 7.19. The van der Waals surface area contributed by atoms with Crippen LogP contribution in [0.15, 0.2) is 11.4 Å². The smallest absolute Gasteiger partial charge is 0.252 e. The van der Waals surface area contributed by atoms with Crippen LogP contribution in [0.2, 0.25) is 0 Å². The predicted octanol–water partition coefficient (Wildman–Crippen LogP) is 1.64. The highest BCUT2D eigenvalue weighted by Crippen LogP contribution is 2.13. The zero-order valence-electron chi connectivity index (χ0n) is 11.2. The highest BCUT2D eigenvalue weighted by molar-refractivity contribution is 7.10. The molecule has 0 radical (unpaired) electrons. The fourth-order valence-electron chi connectivity index (χ4n) is 1.46. The third-order valence-electron chi connectivity index (χ3n) is 2.51. The van der Waals surface area contributed by atoms with E-state index in [1.54, 1.807) is 18.6 Å². The molecule has 0 aliphatic carbocycles. The Morgan fingerprint density at radius 3 is 3.05 bits per heavy atom. The van der Waals surface area contributed by atoms with Crippen LogP contribution >= 0.6 is 11.3 Å². The van der Waals surface area contributed by atoms with E-state index in [0.29, 0.717) is 18.6 Å². The molecule has 19 heavy (non-hydrogen) atoms. The van der Waals surface area contributed by atoms with Crippen LogP contribution in [0.1, 0.15) is 35.0 Å². The molecule has 104 valence electrons. The molecule has 0 spiro atoms. The predicted molar refractivity (Wildman–Crippen MR) is 76.3 cm³/mol. The molecule has 0 aromatic carbocycles. The van der Waals surface area contributed by atoms with Crippen LogP contribution in [-0.4, -0.2) is 37.4 Å². The van der Waals surface area contributed by atoms with E-state index in [4.69, 9.17) is 9.84 Å². The number of aliphatic hydroxyl groups is 1. The van der Waals surface area contributed by atoms with E-state index in [0.717, 1.165) is 11.3 Å². The summed E-state index contributed by atoms with van der Waals surface area (Å²) in [6.07, 6.45) is 1.28. The summed E-state index contributed by atoms with van der Waals surface area (Å²) < 4.78 is 5.04. The van der Waals surface area contributed by atoms with Gasteiger partial charge in [-0.2, -0.15) is 0 Å². The Bertz CT molecular complexity index is 459. The first kappa shape index (κ1) is 15.7. The van der Waals surface area contributed by atoms with Crippen molar-refractivity contribution in [1.29, 1.82) is 0 Å². The lowest BCUT2D eigenvalue weighted by Gasteiger charge is -2.15. The normalized spacial score (nSPS) is 11.5. The van der Waals surface area contributed by atoms with E-state index < -0.39 is 0 Å². The molecule has 1 aromatic heterocycles. The Hall–Kier alpha value is -1.35. The number of ether oxygens (including phenoxy) is 1. The lowest BCUT2D eigenvalue weighted by atomic mass is 10.2. The molecular formula is C14H19NO3S. The second kappa shape index (κ2) is 8.70. The minimum absolute atomic E-state index is 0.0290. The van der Waals surface area contributed by atoms with Gasteiger partial charge in [-0.25, -0.2) is 0 Å². The van der Waals surface area contributed by atoms with Crippen molar-refractivity contribution in [3.05, 3.63) is 21.9 Å². The van der Waals surface area contributed by atoms with E-state index in [-0.39, 0.29) is 18.6 Å². The number of carbonyl (C=O) groups is 1. The maximum absolute atomic E-state index is 12.0. The number of rotatable bonds is 6. The Morgan fingerprint density at radius 2 is 2.42 bits per heavy atom. The summed E-state index contributed by atoms with van der Waals surface area (Å²) in [6, 6.07) is 1.80. The van der Waals surface area contributed by atoms with Crippen molar-refractivity contribution in [2.45, 2.75) is 25.8 Å². The fraction of sp³-hybridized carbons (Fsp3) is 0.500. The monoisotopic (exact) mass is 281 g/mol. The van der Waals surface area contributed by atoms with Crippen LogP contribution < -0.4 is 5.32 Å². The summed E-state index contributed by atoms with van der Waals surface area (Å²) in [5, 5.41) is 13.3. The molecule has 5 heteroatoms. The van der Waals surface area contributed by atoms with Crippen LogP contribution in [0, 0.1) is 11.8 Å². The van der Waals surface area contributed by atoms with E-state index in [1.165, 1.54) is 11.3 Å². The standard InChI is InChI=1S/C14H19NO3S/c1-3-12(9-18-2)15-14(17)11-8-13(19-10-11)6-4-5-7-16/h8,10,12,16H,3,5,7,9H2,1-2H3,(H,15,17). The van der Waals surface area contributed by atoms with Gasteiger partial charge in [-0.3, -0.25) is 4.79 Å². The first-order valence-corrected chi connectivity index (χ1v) is 7.07. The summed E-state index contributed by atoms with van der Waals surface area (Å²) in [7, 11) is 1.62. The van der Waals surface area contributed by atoms with Crippen molar-refractivity contribution in [1.82, 2.24) is 5.32 Å². The van der Waals surface area contributed by atoms with Crippen molar-refractivity contribution < 1.29 is 14.6 Å². The second-order valence-corrected chi connectivity index (χ2v) is 4.92. The minimum atomic E-state index is -0.102. The summed E-state index contributed by atoms with van der Waals surface area (Å²) >= 11 is 1.43. The molecule has 0 saturated heterocycles. The molecule has 1 aromatic rings. The number of nitrogens with one attached hydrogen (secondary N) is 1. The molecule has 1 rings (SSSR count). The Morgan fingerprint density at radius 1 is 1.63 bits per heavy atom. The number of hydrogen-bond acceptors (Lipinski definition) is 4. The van der Waals surface area contributed by atoms with Gasteiger partial charge in [0.1, 0.15) is 0 Å². The average Bonchev–Trinajstić information content (AvgIpc) is 2.87. The van der Waals surface area contributed by atoms with Gasteiger partial charge in [0.15, 0.2) is 0 Å². The second-order valence-electron chi connectivity index (χ2n) is 4.01. The molecule has 0 aliphatic rings. The molecule has 2 N–H and O–H groups in total. The van der Waals surface area contributed by atoms with Crippen molar-refractivity contribution in [2.75, 3.05) is 20.3 Å². The first-order chi connectivity index (χ1) is 9.21. The van der Waals surface area contributed by atoms with E-state index >= 15 is 0 Å². The lowest BCUT2D eigenvalue weighted by Crippen LogP contribution is -2.37. The van der Waals surface area contributed by atoms with Crippen LogP contribution in [0.5, 0.6) is 0 Å². The fourth-order valence-corrected chi connectivity index (χ4v) is 2.21. The van der Waals surface area contributed by atoms with Gasteiger partial charge in [-0.05, 0) is 12.5 Å². The van der Waals surface area contributed by atoms with Gasteiger partial charge >= 0.3 is 0 Å². The molecule has 0 saturated carbocycles. The van der Waals surface area contributed by atoms with Crippen molar-refractivity contribution >= 4 is 17.2 Å². The number of hydrogen-bond donors (Lipinski definition) is 2. The third-order valence-corrected chi connectivity index (χ3v) is 3.35. The maximum atomic E-state index is 12.0. The zero-order valence-corrected chi connectivity index (χ0v) is 12.0. The van der Waals surface area contributed by atoms with Crippen LogP contribution in [-0.2, 0) is 4.74 Å². The van der Waals surface area contributed by atoms with Gasteiger partial charge < -0.3 is 15.2 Å². The summed E-state index contributed by atoms with van der Waals surface area (Å²) in [5.74, 6) is 5.65. The van der Waals surface area contributed by atoms with E-state index in [2.05, 4.69) is 17.2 Å². The van der Waals surface area contributed by atoms with E-state index in [9.17, 15) is 4.79 Å². The quantitative estimate of drug-likeness (QED) is 0.779. The van der Waals surface area contributed by atoms with E-state index in [1.807, 2.05) is 6.92 Å². The minimum Gasteiger partial charge on any atom is -0.395 e. The number of methoxy groups -OCH3 is 1. The molecule has 1 amide bonds. The van der Waals surface area contributed by atoms with Crippen molar-refractivity contribution in [3.63, 3.8) is 0 Å². The van der Waals surface area contributed by atoms with Crippen LogP contribution in [0.4, 0.5) is 0 Å². The van der Waals surface area contributed by atoms with Gasteiger partial charge in [0.2, 0.25) is 0 Å². The SMILES string of the molecule is CCC(COC)NC(=O)c1csc(C#CCCO)c1. The lowest BCUT2D eigenvalue weighted by molar-refractivity contribution is 0.0895. The Labute approximate surface area is 117 Å². The van der Waals surface area contributed by atoms with Crippen LogP contribution in [0.3, 0.4) is 0 Å². The summed E-state index contributed by atoms with van der Waals surface area (Å²) in [5.41, 5.74) is 0.618. The van der Waals surface area contributed by atoms with Gasteiger partial charge in [-0.15, -0.1) is 11.3 Å². The maximum Gasteiger partial charge on any atom is 0.252 e. The number of carbonyl (C=O) groups excluding carboxylic acids is 1. The number of thiophene rings is 1. The summed E-state index contributed by atoms with van der Waals surface area (Å²) in [4.78, 5) is 12.8. The highest BCUT2D eigenvalue weighted by Gasteiger charge is 2.13. The third kappa shape index (κ3) is 5.43. The molecule has 1 unspecified atom stereocenters. The van der Waals surface area contributed by atoms with Crippen LogP contribution in [0.25, 0.3) is 0 Å². The topological polar surface area (TPSA) is 58.6 Å². The summed E-state index contributed by atoms with van der Waals surface area (Å²) in [6.45, 7) is 2.57. The zero-order chi connectivity index (χ0) is 14.1. The average molecular weight is 281 g/mol. The van der Waals surface area contributed by atoms with Gasteiger partial charge in [0, 0.05) is 18.9 Å². The van der Waals surface area contributed by atoms with Crippen molar-refractivity contribution in [3.8, 4) is 11.8 Å². The molecule has 1 atom stereocenters. The molecular weight excluding hydrogens is 262 g/mol. The first-order valence-electron chi connectivity index (χ1n) is 6.19. The molecule has 1 heterocycles. The van der Waals surface area contributed by atoms with Gasteiger partial charge in [-0.1, -0.05) is 18.8 Å².